The average molecular weight is 252 g/mol. The van der Waals surface area contributed by atoms with Crippen molar-refractivity contribution in [2.45, 2.75) is 19.4 Å². The summed E-state index contributed by atoms with van der Waals surface area (Å²) in [6, 6.07) is 5.34. The second-order valence-electron chi connectivity index (χ2n) is 4.77. The molecule has 0 aliphatic carbocycles. The van der Waals surface area contributed by atoms with Gasteiger partial charge in [0.2, 0.25) is 0 Å². The third-order valence-electron chi connectivity index (χ3n) is 3.66. The summed E-state index contributed by atoms with van der Waals surface area (Å²) in [6.07, 6.45) is 0.657. The van der Waals surface area contributed by atoms with Crippen LogP contribution in [-0.2, 0) is 0 Å². The zero-order chi connectivity index (χ0) is 13.0. The summed E-state index contributed by atoms with van der Waals surface area (Å²) in [5.74, 6) is -0.162. The van der Waals surface area contributed by atoms with Gasteiger partial charge in [-0.3, -0.25) is 4.90 Å². The van der Waals surface area contributed by atoms with E-state index >= 15 is 0 Å². The quantitative estimate of drug-likeness (QED) is 0.851. The maximum Gasteiger partial charge on any atom is 0.126 e. The second-order valence-corrected chi connectivity index (χ2v) is 4.77. The molecule has 1 atom stereocenters. The first-order chi connectivity index (χ1) is 8.74. The second kappa shape index (κ2) is 6.27. The highest BCUT2D eigenvalue weighted by Crippen LogP contribution is 2.28. The minimum absolute atomic E-state index is 0.118. The van der Waals surface area contributed by atoms with Crippen LogP contribution in [0, 0.1) is 12.7 Å². The molecule has 1 saturated heterocycles. The predicted molar refractivity (Wildman–Crippen MR) is 70.0 cm³/mol. The average Bonchev–Trinajstić information content (AvgIpc) is 2.41. The molecular weight excluding hydrogens is 231 g/mol. The number of benzene rings is 1. The van der Waals surface area contributed by atoms with Crippen molar-refractivity contribution < 1.29 is 9.50 Å². The minimum atomic E-state index is -0.162. The first-order valence-corrected chi connectivity index (χ1v) is 6.54. The van der Waals surface area contributed by atoms with E-state index in [0.29, 0.717) is 12.0 Å². The van der Waals surface area contributed by atoms with Gasteiger partial charge in [-0.05, 0) is 30.5 Å². The highest BCUT2D eigenvalue weighted by molar-refractivity contribution is 5.30. The standard InChI is InChI=1S/C14H21FN2O/c1-11-12(3-2-4-13(11)15)14(5-10-18)17-8-6-16-7-9-17/h2-4,14,16,18H,5-10H2,1H3/t14-/m1/s1. The highest BCUT2D eigenvalue weighted by Gasteiger charge is 2.23. The lowest BCUT2D eigenvalue weighted by molar-refractivity contribution is 0.140. The Morgan fingerprint density at radius 2 is 2.11 bits per heavy atom. The van der Waals surface area contributed by atoms with Gasteiger partial charge in [-0.15, -0.1) is 0 Å². The molecule has 100 valence electrons. The van der Waals surface area contributed by atoms with Crippen LogP contribution in [0.2, 0.25) is 0 Å². The third-order valence-corrected chi connectivity index (χ3v) is 3.66. The van der Waals surface area contributed by atoms with Gasteiger partial charge in [-0.1, -0.05) is 12.1 Å². The van der Waals surface area contributed by atoms with Crippen LogP contribution in [0.5, 0.6) is 0 Å². The molecule has 4 heteroatoms. The Hall–Kier alpha value is -0.970. The van der Waals surface area contributed by atoms with Gasteiger partial charge in [0.05, 0.1) is 0 Å². The van der Waals surface area contributed by atoms with Crippen molar-refractivity contribution in [3.8, 4) is 0 Å². The van der Waals surface area contributed by atoms with Crippen LogP contribution in [0.25, 0.3) is 0 Å². The van der Waals surface area contributed by atoms with Crippen molar-refractivity contribution in [3.63, 3.8) is 0 Å². The van der Waals surface area contributed by atoms with E-state index in [1.807, 2.05) is 13.0 Å². The molecule has 2 rings (SSSR count). The van der Waals surface area contributed by atoms with E-state index < -0.39 is 0 Å². The fourth-order valence-electron chi connectivity index (χ4n) is 2.64. The van der Waals surface area contributed by atoms with Gasteiger partial charge in [0.25, 0.3) is 0 Å². The topological polar surface area (TPSA) is 35.5 Å². The van der Waals surface area contributed by atoms with E-state index in [2.05, 4.69) is 10.2 Å². The minimum Gasteiger partial charge on any atom is -0.396 e. The summed E-state index contributed by atoms with van der Waals surface area (Å²) in [5.41, 5.74) is 1.71. The van der Waals surface area contributed by atoms with Crippen LogP contribution in [0.3, 0.4) is 0 Å². The first kappa shape index (κ1) is 13.5. The van der Waals surface area contributed by atoms with Gasteiger partial charge in [0.15, 0.2) is 0 Å². The molecule has 0 radical (unpaired) electrons. The van der Waals surface area contributed by atoms with Crippen molar-refractivity contribution in [2.75, 3.05) is 32.8 Å². The zero-order valence-electron chi connectivity index (χ0n) is 10.8. The Balaban J connectivity index is 2.25. The maximum absolute atomic E-state index is 13.7. The molecular formula is C14H21FN2O. The normalized spacial score (nSPS) is 18.8. The SMILES string of the molecule is Cc1c(F)cccc1[C@@H](CCO)N1CCNCC1. The molecule has 0 saturated carbocycles. The largest absolute Gasteiger partial charge is 0.396 e. The van der Waals surface area contributed by atoms with Gasteiger partial charge >= 0.3 is 0 Å². The predicted octanol–water partition coefficient (Wildman–Crippen LogP) is 1.46. The van der Waals surface area contributed by atoms with Crippen molar-refractivity contribution >= 4 is 0 Å². The summed E-state index contributed by atoms with van der Waals surface area (Å²) < 4.78 is 13.7. The molecule has 1 fully saturated rings. The summed E-state index contributed by atoms with van der Waals surface area (Å²) >= 11 is 0. The molecule has 1 aliphatic rings. The molecule has 1 aromatic rings. The molecule has 3 nitrogen and oxygen atoms in total. The summed E-state index contributed by atoms with van der Waals surface area (Å²) in [5, 5.41) is 12.6. The Morgan fingerprint density at radius 3 is 2.78 bits per heavy atom. The van der Waals surface area contributed by atoms with Gasteiger partial charge in [-0.2, -0.15) is 0 Å². The van der Waals surface area contributed by atoms with E-state index in [4.69, 9.17) is 0 Å². The lowest BCUT2D eigenvalue weighted by atomic mass is 9.96. The Bertz CT molecular complexity index is 391. The van der Waals surface area contributed by atoms with Crippen molar-refractivity contribution in [1.82, 2.24) is 10.2 Å². The Kier molecular flexibility index (Phi) is 4.69. The highest BCUT2D eigenvalue weighted by atomic mass is 19.1. The fraction of sp³-hybridized carbons (Fsp3) is 0.571. The molecule has 1 aromatic carbocycles. The molecule has 1 aliphatic heterocycles. The van der Waals surface area contributed by atoms with E-state index in [1.54, 1.807) is 6.07 Å². The van der Waals surface area contributed by atoms with E-state index in [9.17, 15) is 9.50 Å². The van der Waals surface area contributed by atoms with Gasteiger partial charge in [0.1, 0.15) is 5.82 Å². The van der Waals surface area contributed by atoms with E-state index in [1.165, 1.54) is 6.07 Å². The number of halogens is 1. The molecule has 0 amide bonds. The van der Waals surface area contributed by atoms with E-state index in [0.717, 1.165) is 31.7 Å². The molecule has 0 aromatic heterocycles. The smallest absolute Gasteiger partial charge is 0.126 e. The van der Waals surface area contributed by atoms with Crippen LogP contribution in [0.4, 0.5) is 4.39 Å². The third kappa shape index (κ3) is 2.88. The van der Waals surface area contributed by atoms with Crippen LogP contribution in [-0.4, -0.2) is 42.8 Å². The van der Waals surface area contributed by atoms with Gasteiger partial charge < -0.3 is 10.4 Å². The maximum atomic E-state index is 13.7. The van der Waals surface area contributed by atoms with Crippen LogP contribution >= 0.6 is 0 Å². The zero-order valence-corrected chi connectivity index (χ0v) is 10.8. The monoisotopic (exact) mass is 252 g/mol. The first-order valence-electron chi connectivity index (χ1n) is 6.54. The Labute approximate surface area is 108 Å². The number of rotatable bonds is 4. The molecule has 0 bridgehead atoms. The molecule has 0 spiro atoms. The summed E-state index contributed by atoms with van der Waals surface area (Å²) in [6.45, 7) is 5.75. The van der Waals surface area contributed by atoms with Crippen LogP contribution < -0.4 is 5.32 Å². The number of hydrogen-bond acceptors (Lipinski definition) is 3. The van der Waals surface area contributed by atoms with Crippen molar-refractivity contribution in [2.24, 2.45) is 0 Å². The summed E-state index contributed by atoms with van der Waals surface area (Å²) in [7, 11) is 0. The van der Waals surface area contributed by atoms with Crippen molar-refractivity contribution in [3.05, 3.63) is 35.1 Å². The molecule has 18 heavy (non-hydrogen) atoms. The fourth-order valence-corrected chi connectivity index (χ4v) is 2.64. The van der Waals surface area contributed by atoms with Crippen molar-refractivity contribution in [1.29, 1.82) is 0 Å². The number of piperazine rings is 1. The Morgan fingerprint density at radius 1 is 1.39 bits per heavy atom. The number of nitrogens with zero attached hydrogens (tertiary/aromatic N) is 1. The number of aliphatic hydroxyl groups is 1. The molecule has 1 heterocycles. The molecule has 2 N–H and O–H groups in total. The van der Waals surface area contributed by atoms with Gasteiger partial charge in [0, 0.05) is 38.8 Å². The lowest BCUT2D eigenvalue weighted by Gasteiger charge is -2.35. The van der Waals surface area contributed by atoms with Crippen LogP contribution in [0.15, 0.2) is 18.2 Å². The van der Waals surface area contributed by atoms with Gasteiger partial charge in [-0.25, -0.2) is 4.39 Å². The molecule has 0 unspecified atom stereocenters. The number of aliphatic hydroxyl groups excluding tert-OH is 1. The van der Waals surface area contributed by atoms with Crippen LogP contribution in [0.1, 0.15) is 23.6 Å². The van der Waals surface area contributed by atoms with E-state index in [-0.39, 0.29) is 18.5 Å². The lowest BCUT2D eigenvalue weighted by Crippen LogP contribution is -2.45. The summed E-state index contributed by atoms with van der Waals surface area (Å²) in [4.78, 5) is 2.33. The number of hydrogen-bond donors (Lipinski definition) is 2. The number of nitrogens with one attached hydrogen (secondary N) is 1.